The normalized spacial score (nSPS) is 17.6. The number of furan rings is 1. The van der Waals surface area contributed by atoms with Gasteiger partial charge in [0.05, 0.1) is 26.2 Å². The minimum Gasteiger partial charge on any atom is -0.497 e. The van der Waals surface area contributed by atoms with E-state index in [0.717, 1.165) is 22.9 Å². The molecule has 0 bridgehead atoms. The van der Waals surface area contributed by atoms with E-state index in [1.165, 1.54) is 0 Å². The predicted molar refractivity (Wildman–Crippen MR) is 86.9 cm³/mol. The lowest BCUT2D eigenvalue weighted by molar-refractivity contribution is -0.115. The van der Waals surface area contributed by atoms with Crippen LogP contribution in [0.3, 0.4) is 0 Å². The summed E-state index contributed by atoms with van der Waals surface area (Å²) in [5.74, 6) is 2.38. The summed E-state index contributed by atoms with van der Waals surface area (Å²) in [6.45, 7) is 0. The highest BCUT2D eigenvalue weighted by molar-refractivity contribution is 5.92. The van der Waals surface area contributed by atoms with Gasteiger partial charge in [0, 0.05) is 30.2 Å². The number of hydrogen-bond donors (Lipinski definition) is 1. The second kappa shape index (κ2) is 6.60. The number of hydrogen-bond acceptors (Lipinski definition) is 5. The SMILES string of the molecule is COc1ccc(NC2=CC(=O)CC(c3ccco3)C2)c(OC)c1. The minimum absolute atomic E-state index is 0.0641. The third-order valence-electron chi connectivity index (χ3n) is 3.90. The maximum atomic E-state index is 12.0. The fourth-order valence-corrected chi connectivity index (χ4v) is 2.78. The molecule has 0 amide bonds. The summed E-state index contributed by atoms with van der Waals surface area (Å²) in [5, 5.41) is 3.29. The topological polar surface area (TPSA) is 60.7 Å². The quantitative estimate of drug-likeness (QED) is 0.911. The predicted octanol–water partition coefficient (Wildman–Crippen LogP) is 3.74. The highest BCUT2D eigenvalue weighted by Crippen LogP contribution is 2.35. The van der Waals surface area contributed by atoms with Crippen LogP contribution >= 0.6 is 0 Å². The Balaban J connectivity index is 1.80. The lowest BCUT2D eigenvalue weighted by Gasteiger charge is -2.22. The molecule has 0 aliphatic heterocycles. The summed E-state index contributed by atoms with van der Waals surface area (Å²) in [5.41, 5.74) is 1.65. The third-order valence-corrected chi connectivity index (χ3v) is 3.90. The van der Waals surface area contributed by atoms with Gasteiger partial charge >= 0.3 is 0 Å². The van der Waals surface area contributed by atoms with E-state index in [4.69, 9.17) is 13.9 Å². The van der Waals surface area contributed by atoms with Crippen molar-refractivity contribution in [2.75, 3.05) is 19.5 Å². The Morgan fingerprint density at radius 3 is 2.74 bits per heavy atom. The number of carbonyl (C=O) groups is 1. The molecule has 5 heteroatoms. The van der Waals surface area contributed by atoms with Gasteiger partial charge in [0.2, 0.25) is 0 Å². The number of benzene rings is 1. The Hall–Kier alpha value is -2.69. The standard InChI is InChI=1S/C18H19NO4/c1-21-15-5-6-16(18(11-15)22-2)19-13-8-12(9-14(20)10-13)17-4-3-7-23-17/h3-7,10-12,19H,8-9H2,1-2H3. The second-order valence-corrected chi connectivity index (χ2v) is 5.45. The van der Waals surface area contributed by atoms with Crippen LogP contribution in [0.1, 0.15) is 24.5 Å². The first-order chi connectivity index (χ1) is 11.2. The van der Waals surface area contributed by atoms with E-state index in [9.17, 15) is 4.79 Å². The molecule has 1 aromatic heterocycles. The Morgan fingerprint density at radius 2 is 2.04 bits per heavy atom. The average Bonchev–Trinajstić information content (AvgIpc) is 3.09. The molecule has 0 fully saturated rings. The van der Waals surface area contributed by atoms with Gasteiger partial charge in [-0.25, -0.2) is 0 Å². The summed E-state index contributed by atoms with van der Waals surface area (Å²) in [6.07, 6.45) is 4.48. The fraction of sp³-hybridized carbons (Fsp3) is 0.278. The number of ether oxygens (including phenoxy) is 2. The van der Waals surface area contributed by atoms with Crippen molar-refractivity contribution >= 4 is 11.5 Å². The molecule has 0 radical (unpaired) electrons. The molecule has 3 rings (SSSR count). The number of allylic oxidation sites excluding steroid dienone is 2. The Bertz CT molecular complexity index is 719. The fourth-order valence-electron chi connectivity index (χ4n) is 2.78. The summed E-state index contributed by atoms with van der Waals surface area (Å²) >= 11 is 0. The largest absolute Gasteiger partial charge is 0.497 e. The molecule has 0 spiro atoms. The van der Waals surface area contributed by atoms with Crippen molar-refractivity contribution in [1.29, 1.82) is 0 Å². The lowest BCUT2D eigenvalue weighted by Crippen LogP contribution is -2.16. The van der Waals surface area contributed by atoms with Gasteiger partial charge in [-0.3, -0.25) is 4.79 Å². The van der Waals surface area contributed by atoms with E-state index in [2.05, 4.69) is 5.32 Å². The molecule has 0 saturated carbocycles. The molecule has 1 unspecified atom stereocenters. The van der Waals surface area contributed by atoms with Gasteiger partial charge in [0.25, 0.3) is 0 Å². The molecular formula is C18H19NO4. The zero-order chi connectivity index (χ0) is 16.2. The number of anilines is 1. The van der Waals surface area contributed by atoms with Crippen LogP contribution in [-0.2, 0) is 4.79 Å². The van der Waals surface area contributed by atoms with Crippen molar-refractivity contribution in [3.63, 3.8) is 0 Å². The number of carbonyl (C=O) groups excluding carboxylic acids is 1. The first-order valence-electron chi connectivity index (χ1n) is 7.45. The zero-order valence-electron chi connectivity index (χ0n) is 13.2. The molecule has 5 nitrogen and oxygen atoms in total. The molecule has 1 N–H and O–H groups in total. The van der Waals surface area contributed by atoms with Gasteiger partial charge in [-0.1, -0.05) is 0 Å². The van der Waals surface area contributed by atoms with Crippen LogP contribution in [0, 0.1) is 0 Å². The minimum atomic E-state index is 0.0641. The van der Waals surface area contributed by atoms with Crippen LogP contribution in [0.15, 0.2) is 52.8 Å². The number of ketones is 1. The van der Waals surface area contributed by atoms with E-state index in [0.29, 0.717) is 18.6 Å². The Labute approximate surface area is 134 Å². The van der Waals surface area contributed by atoms with Crippen LogP contribution in [0.25, 0.3) is 0 Å². The lowest BCUT2D eigenvalue weighted by atomic mass is 9.89. The van der Waals surface area contributed by atoms with Gasteiger partial charge in [0.1, 0.15) is 17.3 Å². The molecule has 120 valence electrons. The van der Waals surface area contributed by atoms with Crippen LogP contribution < -0.4 is 14.8 Å². The molecule has 23 heavy (non-hydrogen) atoms. The molecule has 1 atom stereocenters. The third kappa shape index (κ3) is 3.39. The molecule has 1 aliphatic carbocycles. The van der Waals surface area contributed by atoms with Gasteiger partial charge in [-0.2, -0.15) is 0 Å². The van der Waals surface area contributed by atoms with Crippen molar-refractivity contribution in [2.45, 2.75) is 18.8 Å². The first-order valence-corrected chi connectivity index (χ1v) is 7.45. The van der Waals surface area contributed by atoms with E-state index < -0.39 is 0 Å². The van der Waals surface area contributed by atoms with E-state index in [-0.39, 0.29) is 11.7 Å². The summed E-state index contributed by atoms with van der Waals surface area (Å²) in [7, 11) is 3.21. The Morgan fingerprint density at radius 1 is 1.17 bits per heavy atom. The summed E-state index contributed by atoms with van der Waals surface area (Å²) in [4.78, 5) is 12.0. The molecule has 0 saturated heterocycles. The monoisotopic (exact) mass is 313 g/mol. The maximum Gasteiger partial charge on any atom is 0.158 e. The smallest absolute Gasteiger partial charge is 0.158 e. The van der Waals surface area contributed by atoms with E-state index >= 15 is 0 Å². The number of rotatable bonds is 5. The number of methoxy groups -OCH3 is 2. The zero-order valence-corrected chi connectivity index (χ0v) is 13.2. The summed E-state index contributed by atoms with van der Waals surface area (Å²) in [6, 6.07) is 9.28. The van der Waals surface area contributed by atoms with Crippen molar-refractivity contribution in [1.82, 2.24) is 0 Å². The summed E-state index contributed by atoms with van der Waals surface area (Å²) < 4.78 is 16.0. The molecule has 1 aromatic carbocycles. The van der Waals surface area contributed by atoms with Crippen LogP contribution in [0.4, 0.5) is 5.69 Å². The van der Waals surface area contributed by atoms with Crippen molar-refractivity contribution < 1.29 is 18.7 Å². The maximum absolute atomic E-state index is 12.0. The number of nitrogens with one attached hydrogen (secondary N) is 1. The highest BCUT2D eigenvalue weighted by atomic mass is 16.5. The second-order valence-electron chi connectivity index (χ2n) is 5.45. The first kappa shape index (κ1) is 15.2. The van der Waals surface area contributed by atoms with Crippen LogP contribution in [0.2, 0.25) is 0 Å². The van der Waals surface area contributed by atoms with Gasteiger partial charge < -0.3 is 19.2 Å². The van der Waals surface area contributed by atoms with Gasteiger partial charge in [-0.15, -0.1) is 0 Å². The van der Waals surface area contributed by atoms with Crippen LogP contribution in [0.5, 0.6) is 11.5 Å². The van der Waals surface area contributed by atoms with Crippen molar-refractivity contribution in [2.24, 2.45) is 0 Å². The average molecular weight is 313 g/mol. The highest BCUT2D eigenvalue weighted by Gasteiger charge is 2.24. The van der Waals surface area contributed by atoms with Crippen LogP contribution in [-0.4, -0.2) is 20.0 Å². The molecule has 1 aliphatic rings. The van der Waals surface area contributed by atoms with E-state index in [1.54, 1.807) is 32.6 Å². The molecular weight excluding hydrogens is 294 g/mol. The Kier molecular flexibility index (Phi) is 4.37. The van der Waals surface area contributed by atoms with E-state index in [1.807, 2.05) is 24.3 Å². The van der Waals surface area contributed by atoms with Gasteiger partial charge in [0.15, 0.2) is 5.78 Å². The van der Waals surface area contributed by atoms with Gasteiger partial charge in [-0.05, 0) is 30.7 Å². The van der Waals surface area contributed by atoms with Crippen molar-refractivity contribution in [3.05, 3.63) is 54.1 Å². The molecule has 2 aromatic rings. The molecule has 1 heterocycles. The van der Waals surface area contributed by atoms with Crippen molar-refractivity contribution in [3.8, 4) is 11.5 Å².